The van der Waals surface area contributed by atoms with Crippen LogP contribution in [-0.2, 0) is 4.74 Å². The van der Waals surface area contributed by atoms with Gasteiger partial charge in [-0.15, -0.1) is 0 Å². The summed E-state index contributed by atoms with van der Waals surface area (Å²) in [5, 5.41) is 11.0. The van der Waals surface area contributed by atoms with E-state index >= 15 is 4.39 Å². The Balaban J connectivity index is 0.00000111. The number of carbonyl (C=O) groups excluding carboxylic acids is 1. The normalized spacial score (nSPS) is 23.1. The maximum atomic E-state index is 16.5. The van der Waals surface area contributed by atoms with Crippen molar-refractivity contribution in [2.24, 2.45) is 0 Å². The van der Waals surface area contributed by atoms with Crippen LogP contribution in [0.2, 0.25) is 0 Å². The van der Waals surface area contributed by atoms with Gasteiger partial charge in [-0.2, -0.15) is 15.1 Å². The first-order valence-corrected chi connectivity index (χ1v) is 16.4. The number of piperidine rings is 1. The standard InChI is InChI=1S/C30H33F3N8O3.C3H6/c1-3-43-28(42)36-18-5-4-7-40(13-18)26-21-11-34-24(19-9-17(2)10-22-20(19)12-35-39-22)23(31)25(21)37-27(38-26)44-16-29-6-8-41(29)15-30(32,33)14-29;1-2-3-1/h9-12,18H,3-8,13-16H2,1-2H3,(H,35,39)(H,36,42);1-3H2. The van der Waals surface area contributed by atoms with E-state index in [9.17, 15) is 13.6 Å². The number of rotatable bonds is 7. The van der Waals surface area contributed by atoms with Gasteiger partial charge in [-0.3, -0.25) is 15.0 Å². The highest BCUT2D eigenvalue weighted by molar-refractivity contribution is 5.98. The van der Waals surface area contributed by atoms with Crippen LogP contribution in [-0.4, -0.2) is 93.0 Å². The Kier molecular flexibility index (Phi) is 8.31. The van der Waals surface area contributed by atoms with Gasteiger partial charge in [0.05, 0.1) is 35.8 Å². The zero-order valence-electron chi connectivity index (χ0n) is 26.6. The minimum Gasteiger partial charge on any atom is -0.461 e. The third-order valence-electron chi connectivity index (χ3n) is 9.27. The summed E-state index contributed by atoms with van der Waals surface area (Å²) in [6.07, 6.45) is 8.92. The number of aromatic amines is 1. The fourth-order valence-electron chi connectivity index (χ4n) is 6.80. The lowest BCUT2D eigenvalue weighted by Crippen LogP contribution is -2.59. The second-order valence-corrected chi connectivity index (χ2v) is 13.1. The molecule has 1 saturated carbocycles. The lowest BCUT2D eigenvalue weighted by Gasteiger charge is -2.46. The summed E-state index contributed by atoms with van der Waals surface area (Å²) in [7, 11) is 0. The van der Waals surface area contributed by atoms with Crippen LogP contribution in [0.3, 0.4) is 0 Å². The summed E-state index contributed by atoms with van der Waals surface area (Å²) in [6.45, 7) is 5.12. The highest BCUT2D eigenvalue weighted by Crippen LogP contribution is 2.47. The van der Waals surface area contributed by atoms with Crippen molar-refractivity contribution in [2.75, 3.05) is 44.3 Å². The topological polar surface area (TPSA) is 121 Å². The molecule has 3 aromatic heterocycles. The maximum absolute atomic E-state index is 16.5. The third kappa shape index (κ3) is 6.39. The van der Waals surface area contributed by atoms with Gasteiger partial charge in [-0.05, 0) is 50.8 Å². The Labute approximate surface area is 270 Å². The third-order valence-corrected chi connectivity index (χ3v) is 9.27. The highest BCUT2D eigenvalue weighted by atomic mass is 19.3. The molecule has 2 unspecified atom stereocenters. The van der Waals surface area contributed by atoms with Gasteiger partial charge in [0.2, 0.25) is 0 Å². The van der Waals surface area contributed by atoms with Gasteiger partial charge in [0.1, 0.15) is 23.6 Å². The highest BCUT2D eigenvalue weighted by Gasteiger charge is 2.60. The summed E-state index contributed by atoms with van der Waals surface area (Å²) in [5.41, 5.74) is 1.52. The number of pyridine rings is 1. The molecule has 47 heavy (non-hydrogen) atoms. The number of nitrogens with zero attached hydrogens (tertiary/aromatic N) is 6. The largest absolute Gasteiger partial charge is 0.461 e. The molecule has 3 saturated heterocycles. The zero-order chi connectivity index (χ0) is 32.8. The molecule has 4 aliphatic rings. The van der Waals surface area contributed by atoms with Gasteiger partial charge in [-0.25, -0.2) is 18.0 Å². The molecule has 1 amide bonds. The van der Waals surface area contributed by atoms with E-state index in [2.05, 4.69) is 30.5 Å². The molecular weight excluding hydrogens is 613 g/mol. The van der Waals surface area contributed by atoms with Gasteiger partial charge < -0.3 is 19.7 Å². The molecule has 0 bridgehead atoms. The number of anilines is 1. The van der Waals surface area contributed by atoms with Gasteiger partial charge in [0.25, 0.3) is 5.92 Å². The van der Waals surface area contributed by atoms with Gasteiger partial charge in [-0.1, -0.05) is 19.3 Å². The number of aryl methyl sites for hydroxylation is 1. The number of hydrogen-bond acceptors (Lipinski definition) is 9. The molecule has 4 aromatic rings. The van der Waals surface area contributed by atoms with Crippen molar-refractivity contribution in [3.8, 4) is 17.3 Å². The molecule has 250 valence electrons. The van der Waals surface area contributed by atoms with E-state index in [1.54, 1.807) is 24.2 Å². The number of aromatic nitrogens is 5. The van der Waals surface area contributed by atoms with E-state index in [0.29, 0.717) is 48.2 Å². The van der Waals surface area contributed by atoms with Crippen molar-refractivity contribution < 1.29 is 27.4 Å². The Morgan fingerprint density at radius 2 is 1.96 bits per heavy atom. The molecule has 8 rings (SSSR count). The van der Waals surface area contributed by atoms with Gasteiger partial charge >= 0.3 is 12.1 Å². The summed E-state index contributed by atoms with van der Waals surface area (Å²) in [4.78, 5) is 29.5. The minimum atomic E-state index is -2.79. The van der Waals surface area contributed by atoms with Crippen molar-refractivity contribution in [3.05, 3.63) is 35.9 Å². The molecule has 1 aromatic carbocycles. The van der Waals surface area contributed by atoms with Crippen LogP contribution in [0, 0.1) is 12.7 Å². The van der Waals surface area contributed by atoms with Crippen LogP contribution in [0.4, 0.5) is 23.8 Å². The van der Waals surface area contributed by atoms with Crippen LogP contribution >= 0.6 is 0 Å². The predicted molar refractivity (Wildman–Crippen MR) is 170 cm³/mol. The number of hydrogen-bond donors (Lipinski definition) is 2. The summed E-state index contributed by atoms with van der Waals surface area (Å²) in [5.74, 6) is -3.04. The number of carbonyl (C=O) groups is 1. The maximum Gasteiger partial charge on any atom is 0.407 e. The van der Waals surface area contributed by atoms with Crippen molar-refractivity contribution in [1.29, 1.82) is 0 Å². The number of alkyl halides is 2. The molecule has 2 atom stereocenters. The van der Waals surface area contributed by atoms with Crippen LogP contribution in [0.1, 0.15) is 57.4 Å². The van der Waals surface area contributed by atoms with E-state index in [4.69, 9.17) is 9.47 Å². The lowest BCUT2D eigenvalue weighted by molar-refractivity contribution is -0.0132. The number of amides is 1. The Morgan fingerprint density at radius 1 is 1.13 bits per heavy atom. The van der Waals surface area contributed by atoms with Crippen LogP contribution in [0.25, 0.3) is 33.1 Å². The van der Waals surface area contributed by atoms with E-state index in [0.717, 1.165) is 23.9 Å². The number of ether oxygens (including phenoxy) is 2. The molecule has 4 fully saturated rings. The molecule has 3 aliphatic heterocycles. The number of benzene rings is 1. The van der Waals surface area contributed by atoms with Crippen molar-refractivity contribution in [2.45, 2.75) is 76.3 Å². The Morgan fingerprint density at radius 3 is 2.68 bits per heavy atom. The summed E-state index contributed by atoms with van der Waals surface area (Å²) < 4.78 is 56.2. The van der Waals surface area contributed by atoms with Crippen molar-refractivity contribution in [1.82, 2.24) is 35.4 Å². The zero-order valence-corrected chi connectivity index (χ0v) is 26.6. The van der Waals surface area contributed by atoms with E-state index in [-0.39, 0.29) is 49.4 Å². The van der Waals surface area contributed by atoms with Crippen molar-refractivity contribution >= 4 is 33.7 Å². The number of H-pyrrole nitrogens is 1. The number of nitrogens with one attached hydrogen (secondary N) is 2. The van der Waals surface area contributed by atoms with Gasteiger partial charge in [0.15, 0.2) is 5.82 Å². The monoisotopic (exact) mass is 652 g/mol. The van der Waals surface area contributed by atoms with Crippen LogP contribution < -0.4 is 15.0 Å². The van der Waals surface area contributed by atoms with E-state index in [1.807, 2.05) is 24.0 Å². The molecule has 0 radical (unpaired) electrons. The summed E-state index contributed by atoms with van der Waals surface area (Å²) >= 11 is 0. The second-order valence-electron chi connectivity index (χ2n) is 13.1. The van der Waals surface area contributed by atoms with Crippen molar-refractivity contribution in [3.63, 3.8) is 0 Å². The molecule has 11 nitrogen and oxygen atoms in total. The molecule has 2 N–H and O–H groups in total. The minimum absolute atomic E-state index is 0.00773. The number of halogens is 3. The SMILES string of the molecule is C1CC1.CCOC(=O)NC1CCCN(c2nc(OCC34CCN3CC(F)(F)C4)nc3c(F)c(-c4cc(C)cc5[nH]ncc45)ncc23)C1. The predicted octanol–water partition coefficient (Wildman–Crippen LogP) is 5.76. The second kappa shape index (κ2) is 12.4. The van der Waals surface area contributed by atoms with E-state index < -0.39 is 23.4 Å². The average molecular weight is 653 g/mol. The molecule has 14 heteroatoms. The first kappa shape index (κ1) is 31.4. The molecular formula is C33H39F3N8O3. The Hall–Kier alpha value is -4.20. The van der Waals surface area contributed by atoms with Crippen LogP contribution in [0.15, 0.2) is 24.5 Å². The quantitative estimate of drug-likeness (QED) is 0.257. The first-order chi connectivity index (χ1) is 22.6. The smallest absolute Gasteiger partial charge is 0.407 e. The fraction of sp³-hybridized carbons (Fsp3) is 0.545. The number of alkyl carbamates (subject to hydrolysis) is 1. The molecule has 0 spiro atoms. The first-order valence-electron chi connectivity index (χ1n) is 16.4. The molecule has 6 heterocycles. The fourth-order valence-corrected chi connectivity index (χ4v) is 6.80. The van der Waals surface area contributed by atoms with Gasteiger partial charge in [0, 0.05) is 49.2 Å². The average Bonchev–Trinajstić information content (AvgIpc) is 3.83. The number of fused-ring (bicyclic) bond motifs is 3. The lowest BCUT2D eigenvalue weighted by atomic mass is 9.85. The van der Waals surface area contributed by atoms with Crippen LogP contribution in [0.5, 0.6) is 6.01 Å². The Bertz CT molecular complexity index is 1800. The van der Waals surface area contributed by atoms with E-state index in [1.165, 1.54) is 19.3 Å². The summed E-state index contributed by atoms with van der Waals surface area (Å²) in [6, 6.07) is 3.44. The molecule has 1 aliphatic carbocycles.